The number of carbonyl (C=O) groups is 1. The number of benzene rings is 1. The molecule has 90 valence electrons. The predicted molar refractivity (Wildman–Crippen MR) is 72.3 cm³/mol. The van der Waals surface area contributed by atoms with E-state index in [1.807, 2.05) is 18.2 Å². The van der Waals surface area contributed by atoms with Crippen molar-refractivity contribution in [3.8, 4) is 0 Å². The highest BCUT2D eigenvalue weighted by Crippen LogP contribution is 2.28. The summed E-state index contributed by atoms with van der Waals surface area (Å²) >= 11 is 3.41. The third-order valence-electron chi connectivity index (χ3n) is 2.84. The SMILES string of the molecule is O=C(O)C=Cc1cc(Br)ccc1N1CCCC1. The monoisotopic (exact) mass is 295 g/mol. The third kappa shape index (κ3) is 3.09. The van der Waals surface area contributed by atoms with Crippen LogP contribution in [-0.2, 0) is 4.79 Å². The molecule has 0 unspecified atom stereocenters. The van der Waals surface area contributed by atoms with Crippen molar-refractivity contribution in [1.82, 2.24) is 0 Å². The molecule has 1 N–H and O–H groups in total. The largest absolute Gasteiger partial charge is 0.478 e. The number of nitrogens with zero attached hydrogens (tertiary/aromatic N) is 1. The van der Waals surface area contributed by atoms with Crippen LogP contribution in [0.2, 0.25) is 0 Å². The Morgan fingerprint density at radius 2 is 2.06 bits per heavy atom. The fourth-order valence-electron chi connectivity index (χ4n) is 2.07. The molecule has 0 saturated carbocycles. The summed E-state index contributed by atoms with van der Waals surface area (Å²) in [5, 5.41) is 8.69. The first-order valence-corrected chi connectivity index (χ1v) is 6.41. The first-order chi connectivity index (χ1) is 8.16. The Balaban J connectivity index is 2.33. The molecule has 2 rings (SSSR count). The van der Waals surface area contributed by atoms with Crippen LogP contribution >= 0.6 is 15.9 Å². The highest BCUT2D eigenvalue weighted by molar-refractivity contribution is 9.10. The summed E-state index contributed by atoms with van der Waals surface area (Å²) in [6.07, 6.45) is 5.25. The average molecular weight is 296 g/mol. The summed E-state index contributed by atoms with van der Waals surface area (Å²) in [5.41, 5.74) is 2.06. The van der Waals surface area contributed by atoms with Crippen LogP contribution in [0.4, 0.5) is 5.69 Å². The van der Waals surface area contributed by atoms with Gasteiger partial charge >= 0.3 is 5.97 Å². The van der Waals surface area contributed by atoms with Crippen molar-refractivity contribution in [2.45, 2.75) is 12.8 Å². The van der Waals surface area contributed by atoms with Crippen LogP contribution in [0, 0.1) is 0 Å². The van der Waals surface area contributed by atoms with Crippen LogP contribution in [0.15, 0.2) is 28.7 Å². The minimum atomic E-state index is -0.919. The van der Waals surface area contributed by atoms with E-state index in [2.05, 4.69) is 20.8 Å². The Kier molecular flexibility index (Phi) is 3.84. The Labute approximate surface area is 109 Å². The molecule has 0 aromatic heterocycles. The van der Waals surface area contributed by atoms with Crippen molar-refractivity contribution in [3.63, 3.8) is 0 Å². The number of hydrogen-bond donors (Lipinski definition) is 1. The van der Waals surface area contributed by atoms with Gasteiger partial charge in [0.15, 0.2) is 0 Å². The van der Waals surface area contributed by atoms with Gasteiger partial charge in [-0.25, -0.2) is 4.79 Å². The van der Waals surface area contributed by atoms with Crippen molar-refractivity contribution in [3.05, 3.63) is 34.3 Å². The topological polar surface area (TPSA) is 40.5 Å². The van der Waals surface area contributed by atoms with E-state index in [-0.39, 0.29) is 0 Å². The number of rotatable bonds is 3. The summed E-state index contributed by atoms with van der Waals surface area (Å²) in [5.74, 6) is -0.919. The van der Waals surface area contributed by atoms with Crippen molar-refractivity contribution in [1.29, 1.82) is 0 Å². The van der Waals surface area contributed by atoms with E-state index in [1.54, 1.807) is 6.08 Å². The molecule has 0 atom stereocenters. The van der Waals surface area contributed by atoms with Gasteiger partial charge in [0.1, 0.15) is 0 Å². The zero-order valence-corrected chi connectivity index (χ0v) is 11.0. The van der Waals surface area contributed by atoms with Crippen LogP contribution in [0.1, 0.15) is 18.4 Å². The summed E-state index contributed by atoms with van der Waals surface area (Å²) in [6.45, 7) is 2.10. The number of anilines is 1. The number of aliphatic carboxylic acids is 1. The normalized spacial score (nSPS) is 15.7. The fourth-order valence-corrected chi connectivity index (χ4v) is 2.44. The van der Waals surface area contributed by atoms with Crippen molar-refractivity contribution < 1.29 is 9.90 Å². The molecule has 0 bridgehead atoms. The Bertz CT molecular complexity index is 451. The summed E-state index contributed by atoms with van der Waals surface area (Å²) in [6, 6.07) is 5.98. The van der Waals surface area contributed by atoms with Gasteiger partial charge in [-0.15, -0.1) is 0 Å². The van der Waals surface area contributed by atoms with Gasteiger partial charge in [-0.3, -0.25) is 0 Å². The van der Waals surface area contributed by atoms with Crippen LogP contribution in [0.5, 0.6) is 0 Å². The lowest BCUT2D eigenvalue weighted by Gasteiger charge is -2.20. The minimum Gasteiger partial charge on any atom is -0.478 e. The van der Waals surface area contributed by atoms with Gasteiger partial charge in [0, 0.05) is 29.3 Å². The molecule has 0 amide bonds. The molecule has 0 aliphatic carbocycles. The highest BCUT2D eigenvalue weighted by Gasteiger charge is 2.14. The molecule has 3 nitrogen and oxygen atoms in total. The summed E-state index contributed by atoms with van der Waals surface area (Å²) in [7, 11) is 0. The quantitative estimate of drug-likeness (QED) is 0.871. The minimum absolute atomic E-state index is 0.919. The maximum Gasteiger partial charge on any atom is 0.328 e. The van der Waals surface area contributed by atoms with E-state index in [4.69, 9.17) is 5.11 Å². The zero-order chi connectivity index (χ0) is 12.3. The molecule has 17 heavy (non-hydrogen) atoms. The first kappa shape index (κ1) is 12.2. The summed E-state index contributed by atoms with van der Waals surface area (Å²) < 4.78 is 0.963. The number of hydrogen-bond acceptors (Lipinski definition) is 2. The lowest BCUT2D eigenvalue weighted by Crippen LogP contribution is -2.18. The Morgan fingerprint density at radius 3 is 2.71 bits per heavy atom. The first-order valence-electron chi connectivity index (χ1n) is 5.62. The smallest absolute Gasteiger partial charge is 0.328 e. The van der Waals surface area contributed by atoms with Crippen molar-refractivity contribution in [2.24, 2.45) is 0 Å². The van der Waals surface area contributed by atoms with Gasteiger partial charge in [-0.2, -0.15) is 0 Å². The van der Waals surface area contributed by atoms with E-state index in [1.165, 1.54) is 18.9 Å². The van der Waals surface area contributed by atoms with Gasteiger partial charge in [0.25, 0.3) is 0 Å². The Morgan fingerprint density at radius 1 is 1.35 bits per heavy atom. The van der Waals surface area contributed by atoms with Crippen LogP contribution < -0.4 is 4.90 Å². The number of carboxylic acid groups (broad SMARTS) is 1. The van der Waals surface area contributed by atoms with Gasteiger partial charge in [-0.1, -0.05) is 15.9 Å². The molecule has 1 aromatic rings. The number of carboxylic acids is 1. The molecular weight excluding hydrogens is 282 g/mol. The zero-order valence-electron chi connectivity index (χ0n) is 9.40. The maximum atomic E-state index is 10.6. The lowest BCUT2D eigenvalue weighted by molar-refractivity contribution is -0.131. The van der Waals surface area contributed by atoms with E-state index in [0.29, 0.717) is 0 Å². The fraction of sp³-hybridized carbons (Fsp3) is 0.308. The standard InChI is InChI=1S/C13H14BrNO2/c14-11-4-5-12(15-7-1-2-8-15)10(9-11)3-6-13(16)17/h3-6,9H,1-2,7-8H2,(H,16,17). The van der Waals surface area contributed by atoms with Gasteiger partial charge in [0.05, 0.1) is 0 Å². The second-order valence-corrected chi connectivity index (χ2v) is 4.98. The molecule has 1 saturated heterocycles. The van der Waals surface area contributed by atoms with E-state index >= 15 is 0 Å². The Hall–Kier alpha value is -1.29. The molecule has 1 heterocycles. The van der Waals surface area contributed by atoms with E-state index in [0.717, 1.165) is 28.8 Å². The third-order valence-corrected chi connectivity index (χ3v) is 3.34. The lowest BCUT2D eigenvalue weighted by atomic mass is 10.1. The van der Waals surface area contributed by atoms with Crippen LogP contribution in [0.3, 0.4) is 0 Å². The van der Waals surface area contributed by atoms with Crippen LogP contribution in [0.25, 0.3) is 6.08 Å². The molecular formula is C13H14BrNO2. The second kappa shape index (κ2) is 5.36. The predicted octanol–water partition coefficient (Wildman–Crippen LogP) is 3.15. The van der Waals surface area contributed by atoms with Crippen LogP contribution in [-0.4, -0.2) is 24.2 Å². The molecule has 0 radical (unpaired) electrons. The molecule has 1 aliphatic rings. The van der Waals surface area contributed by atoms with Crippen molar-refractivity contribution in [2.75, 3.05) is 18.0 Å². The molecule has 1 aliphatic heterocycles. The van der Waals surface area contributed by atoms with E-state index in [9.17, 15) is 4.79 Å². The van der Waals surface area contributed by atoms with E-state index < -0.39 is 5.97 Å². The van der Waals surface area contributed by atoms with Gasteiger partial charge < -0.3 is 10.0 Å². The van der Waals surface area contributed by atoms with Crippen molar-refractivity contribution >= 4 is 33.7 Å². The number of halogens is 1. The molecule has 0 spiro atoms. The molecule has 1 fully saturated rings. The average Bonchev–Trinajstić information content (AvgIpc) is 2.80. The van der Waals surface area contributed by atoms with Gasteiger partial charge in [-0.05, 0) is 42.7 Å². The highest BCUT2D eigenvalue weighted by atomic mass is 79.9. The maximum absolute atomic E-state index is 10.6. The summed E-state index contributed by atoms with van der Waals surface area (Å²) in [4.78, 5) is 12.9. The molecule has 1 aromatic carbocycles. The molecule has 4 heteroatoms. The second-order valence-electron chi connectivity index (χ2n) is 4.07. The van der Waals surface area contributed by atoms with Gasteiger partial charge in [0.2, 0.25) is 0 Å².